The summed E-state index contributed by atoms with van der Waals surface area (Å²) in [5.74, 6) is -3.50. The Morgan fingerprint density at radius 3 is 1.15 bits per heavy atom. The molecule has 32 heteroatoms. The molecule has 17 N–H and O–H groups in total. The van der Waals surface area contributed by atoms with Gasteiger partial charge in [0.05, 0.1) is 39.6 Å². The molecular weight excluding hydrogens is 1170 g/mol. The van der Waals surface area contributed by atoms with Crippen LogP contribution in [-0.2, 0) is 61.8 Å². The van der Waals surface area contributed by atoms with Crippen LogP contribution in [0, 0.1) is 0 Å². The molecule has 0 radical (unpaired) electrons. The zero-order valence-corrected chi connectivity index (χ0v) is 49.8. The summed E-state index contributed by atoms with van der Waals surface area (Å²) in [6.07, 6.45) is -25.8. The third kappa shape index (κ3) is 18.8. The maximum atomic E-state index is 13.9. The summed E-state index contributed by atoms with van der Waals surface area (Å²) < 4.78 is 59.9. The molecular formula is C56H91N5O27. The van der Waals surface area contributed by atoms with Gasteiger partial charge in [-0.3, -0.25) is 24.0 Å². The lowest BCUT2D eigenvalue weighted by atomic mass is 9.93. The predicted molar refractivity (Wildman–Crippen MR) is 297 cm³/mol. The van der Waals surface area contributed by atoms with Gasteiger partial charge in [0.15, 0.2) is 31.5 Å². The van der Waals surface area contributed by atoms with Crippen molar-refractivity contribution in [3.63, 3.8) is 0 Å². The summed E-state index contributed by atoms with van der Waals surface area (Å²) >= 11 is 0. The van der Waals surface area contributed by atoms with E-state index < -0.39 is 216 Å². The Morgan fingerprint density at radius 1 is 0.420 bits per heavy atom. The first kappa shape index (κ1) is 72.6. The number of carbonyl (C=O) groups excluding carboxylic acids is 5. The first-order valence-electron chi connectivity index (χ1n) is 29.8. The van der Waals surface area contributed by atoms with E-state index in [1.807, 2.05) is 0 Å². The molecule has 0 bridgehead atoms. The Labute approximate surface area is 508 Å². The number of carbonyl (C=O) groups is 5. The van der Waals surface area contributed by atoms with Crippen molar-refractivity contribution in [2.45, 2.75) is 246 Å². The number of hydrogen-bond donors (Lipinski definition) is 17. The van der Waals surface area contributed by atoms with Crippen molar-refractivity contribution in [1.29, 1.82) is 0 Å². The van der Waals surface area contributed by atoms with Gasteiger partial charge in [0.1, 0.15) is 128 Å². The van der Waals surface area contributed by atoms with E-state index in [4.69, 9.17) is 47.4 Å². The third-order valence-electron chi connectivity index (χ3n) is 15.9. The molecule has 5 aliphatic rings. The molecule has 0 aromatic heterocycles. The van der Waals surface area contributed by atoms with E-state index in [-0.39, 0.29) is 5.56 Å². The van der Waals surface area contributed by atoms with Crippen molar-refractivity contribution in [3.8, 4) is 5.75 Å². The number of unbranched alkanes of at least 4 members (excludes halogenated alkanes) is 8. The molecule has 0 aliphatic carbocycles. The van der Waals surface area contributed by atoms with Gasteiger partial charge in [0, 0.05) is 33.3 Å². The van der Waals surface area contributed by atoms with E-state index in [0.29, 0.717) is 12.4 Å². The van der Waals surface area contributed by atoms with Crippen LogP contribution >= 0.6 is 0 Å². The van der Waals surface area contributed by atoms with E-state index in [9.17, 15) is 85.3 Å². The highest BCUT2D eigenvalue weighted by Gasteiger charge is 2.58. The summed E-state index contributed by atoms with van der Waals surface area (Å²) in [4.78, 5) is 64.1. The minimum Gasteiger partial charge on any atom is -0.494 e. The first-order valence-corrected chi connectivity index (χ1v) is 29.8. The molecule has 0 saturated carbocycles. The topological polar surface area (TPSA) is 481 Å². The summed E-state index contributed by atoms with van der Waals surface area (Å²) in [6.45, 7) is 2.10. The average Bonchev–Trinajstić information content (AvgIpc) is 1.44. The van der Waals surface area contributed by atoms with Crippen molar-refractivity contribution in [2.24, 2.45) is 0 Å². The fourth-order valence-corrected chi connectivity index (χ4v) is 11.4. The number of aliphatic hydroxyl groups excluding tert-OH is 12. The lowest BCUT2D eigenvalue weighted by molar-refractivity contribution is -0.367. The van der Waals surface area contributed by atoms with Crippen LogP contribution in [-0.4, -0.2) is 284 Å². The molecule has 6 rings (SSSR count). The van der Waals surface area contributed by atoms with Gasteiger partial charge in [-0.15, -0.1) is 0 Å². The van der Waals surface area contributed by atoms with Crippen molar-refractivity contribution in [3.05, 3.63) is 29.8 Å². The zero-order chi connectivity index (χ0) is 64.5. The van der Waals surface area contributed by atoms with Gasteiger partial charge in [-0.2, -0.15) is 0 Å². The maximum Gasteiger partial charge on any atom is 0.251 e. The Balaban J connectivity index is 1.18. The molecule has 5 aliphatic heterocycles. The van der Waals surface area contributed by atoms with Gasteiger partial charge in [-0.25, -0.2) is 0 Å². The van der Waals surface area contributed by atoms with E-state index in [1.54, 1.807) is 12.1 Å². The number of rotatable bonds is 30. The van der Waals surface area contributed by atoms with Gasteiger partial charge < -0.3 is 135 Å². The Bertz CT molecular complexity index is 2350. The van der Waals surface area contributed by atoms with Crippen LogP contribution in [0.15, 0.2) is 24.3 Å². The Hall–Kier alpha value is -4.47. The molecule has 0 spiro atoms. The fraction of sp³-hybridized carbons (Fsp3) is 0.804. The second-order valence-corrected chi connectivity index (χ2v) is 22.6. The fourth-order valence-electron chi connectivity index (χ4n) is 11.4. The minimum atomic E-state index is -2.03. The number of hydrogen-bond acceptors (Lipinski definition) is 27. The van der Waals surface area contributed by atoms with E-state index in [0.717, 1.165) is 53.4 Å². The minimum absolute atomic E-state index is 0.0716. The molecule has 5 amide bonds. The van der Waals surface area contributed by atoms with E-state index in [2.05, 4.69) is 33.5 Å². The molecule has 88 heavy (non-hydrogen) atoms. The lowest BCUT2D eigenvalue weighted by Crippen LogP contribution is -2.72. The highest BCUT2D eigenvalue weighted by Crippen LogP contribution is 2.36. The standard InChI is InChI=1S/C56H91N5O27/c1-6-7-8-9-10-11-12-13-14-18-79-30-17-15-16-29(19-30)51(77)61-37-42(72)41(71)31(20-62)81-53(37)86-48-33(22-64)83-55(39(44(48)74)59-27(4)69)88-50-35(24-66)84-56(40(46(50)76)60-28(5)70)87-49-34(23-65)82-54(38(45(49)75)58-26(3)68)85-47-32(21-63)80-52(78)36(43(47)73)57-25(2)67/h15-17,19,31-50,52-56,62-66,71-76,78H,6-14,18,20-24H2,1-5H3,(H,57,67)(H,58,68)(H,59,69)(H,60,70)(H,61,77)/t31?,32?,33-,34-,35?,36-,37?,38?,39?,40-,41+,42+,43+,44?,45?,46+,47?,48+,49+,50?,52?,53-,54?,55-,56-/m0/s1. The summed E-state index contributed by atoms with van der Waals surface area (Å²) in [5, 5.41) is 145. The number of amides is 5. The van der Waals surface area contributed by atoms with Crippen LogP contribution in [0.25, 0.3) is 0 Å². The second-order valence-electron chi connectivity index (χ2n) is 22.6. The molecule has 5 heterocycles. The van der Waals surface area contributed by atoms with E-state index >= 15 is 0 Å². The Morgan fingerprint density at radius 2 is 0.761 bits per heavy atom. The number of aliphatic hydroxyl groups is 12. The van der Waals surface area contributed by atoms with Gasteiger partial charge in [0.25, 0.3) is 5.91 Å². The molecule has 1 aromatic rings. The average molecular weight is 1270 g/mol. The monoisotopic (exact) mass is 1270 g/mol. The van der Waals surface area contributed by atoms with Crippen molar-refractivity contribution in [2.75, 3.05) is 39.6 Å². The maximum absolute atomic E-state index is 13.9. The van der Waals surface area contributed by atoms with Crippen LogP contribution in [0.1, 0.15) is 103 Å². The number of ether oxygens (including phenoxy) is 10. The summed E-state index contributed by atoms with van der Waals surface area (Å²) in [7, 11) is 0. The number of benzene rings is 1. The molecule has 5 fully saturated rings. The largest absolute Gasteiger partial charge is 0.494 e. The Kier molecular flexibility index (Phi) is 28.7. The van der Waals surface area contributed by atoms with Gasteiger partial charge in [0.2, 0.25) is 23.6 Å². The van der Waals surface area contributed by atoms with Crippen molar-refractivity contribution in [1.82, 2.24) is 26.6 Å². The van der Waals surface area contributed by atoms with Crippen molar-refractivity contribution >= 4 is 29.5 Å². The smallest absolute Gasteiger partial charge is 0.251 e. The first-order chi connectivity index (χ1) is 42.0. The highest BCUT2D eigenvalue weighted by atomic mass is 16.8. The molecule has 25 atom stereocenters. The third-order valence-corrected chi connectivity index (χ3v) is 15.9. The molecule has 502 valence electrons. The number of nitrogens with one attached hydrogen (secondary N) is 5. The quantitative estimate of drug-likeness (QED) is 0.0319. The van der Waals surface area contributed by atoms with Crippen LogP contribution in [0.4, 0.5) is 0 Å². The SMILES string of the molecule is CCCCCCCCCCCOc1cccc(C(=O)NC2[C@H](O[C@H]3C(O)C(NC(C)=O)[C@H](OC4C(CO)O[C@@H](O[C@H]5C(O)C(NC(C)=O)C(OC6C(CO)OC(O)[C@@H](NC(C)=O)[C@H]6O)O[C@H]5CO)[C@@H](NC(C)=O)[C@H]4O)O[C@H]3CO)OC(CO)[C@@H](O)[C@@H]2O)c1. The van der Waals surface area contributed by atoms with Gasteiger partial charge >= 0.3 is 0 Å². The van der Waals surface area contributed by atoms with Crippen LogP contribution < -0.4 is 31.3 Å². The molecule has 32 nitrogen and oxygen atoms in total. The molecule has 12 unspecified atom stereocenters. The highest BCUT2D eigenvalue weighted by molar-refractivity contribution is 5.94. The lowest BCUT2D eigenvalue weighted by Gasteiger charge is -2.51. The van der Waals surface area contributed by atoms with Gasteiger partial charge in [-0.1, -0.05) is 64.4 Å². The van der Waals surface area contributed by atoms with Gasteiger partial charge in [-0.05, 0) is 24.6 Å². The van der Waals surface area contributed by atoms with Crippen LogP contribution in [0.3, 0.4) is 0 Å². The van der Waals surface area contributed by atoms with E-state index in [1.165, 1.54) is 44.2 Å². The normalized spacial score (nSPS) is 37.7. The summed E-state index contributed by atoms with van der Waals surface area (Å²) in [6, 6.07) is -2.10. The van der Waals surface area contributed by atoms with Crippen LogP contribution in [0.5, 0.6) is 5.75 Å². The molecule has 1 aromatic carbocycles. The summed E-state index contributed by atoms with van der Waals surface area (Å²) in [5.41, 5.74) is 0.0716. The zero-order valence-electron chi connectivity index (χ0n) is 49.8. The second kappa shape index (κ2) is 34.8. The van der Waals surface area contributed by atoms with Crippen molar-refractivity contribution < 1.29 is 133 Å². The molecule has 5 saturated heterocycles. The predicted octanol–water partition coefficient (Wildman–Crippen LogP) is -6.00. The van der Waals surface area contributed by atoms with Crippen LogP contribution in [0.2, 0.25) is 0 Å².